The second-order valence-corrected chi connectivity index (χ2v) is 12.0. The van der Waals surface area contributed by atoms with Crippen molar-refractivity contribution in [3.63, 3.8) is 0 Å². The van der Waals surface area contributed by atoms with Crippen molar-refractivity contribution in [2.75, 3.05) is 31.1 Å². The van der Waals surface area contributed by atoms with Crippen molar-refractivity contribution >= 4 is 55.8 Å². The summed E-state index contributed by atoms with van der Waals surface area (Å²) in [7, 11) is -3.85. The maximum atomic E-state index is 15.2. The molecule has 4 heterocycles. The summed E-state index contributed by atoms with van der Waals surface area (Å²) in [4.78, 5) is 44.0. The number of nitrogens with zero attached hydrogens (tertiary/aromatic N) is 4. The first kappa shape index (κ1) is 25.7. The van der Waals surface area contributed by atoms with Crippen molar-refractivity contribution in [2.45, 2.75) is 30.3 Å². The number of piperazine rings is 1. The third-order valence-corrected chi connectivity index (χ3v) is 9.76. The van der Waals surface area contributed by atoms with Crippen LogP contribution in [0.3, 0.4) is 0 Å². The van der Waals surface area contributed by atoms with Crippen LogP contribution in [0.5, 0.6) is 0 Å². The van der Waals surface area contributed by atoms with Gasteiger partial charge in [-0.05, 0) is 36.2 Å². The number of benzene rings is 2. The fourth-order valence-corrected chi connectivity index (χ4v) is 7.34. The molecule has 1 aromatic heterocycles. The topological polar surface area (TPSA) is 120 Å². The number of nitrogens with one attached hydrogen (secondary N) is 1. The molecule has 0 spiro atoms. The molecule has 0 radical (unpaired) electrons. The second kappa shape index (κ2) is 9.54. The van der Waals surface area contributed by atoms with Gasteiger partial charge in [0.15, 0.2) is 0 Å². The smallest absolute Gasteiger partial charge is 0.255 e. The largest absolute Gasteiger partial charge is 0.367 e. The van der Waals surface area contributed by atoms with Crippen LogP contribution in [0.2, 0.25) is 5.15 Å². The molecule has 1 N–H and O–H groups in total. The first-order valence-corrected chi connectivity index (χ1v) is 14.2. The summed E-state index contributed by atoms with van der Waals surface area (Å²) in [6.07, 6.45) is 1.81. The van der Waals surface area contributed by atoms with Crippen LogP contribution in [0.1, 0.15) is 28.8 Å². The first-order valence-electron chi connectivity index (χ1n) is 12.4. The van der Waals surface area contributed by atoms with Crippen LogP contribution in [-0.4, -0.2) is 72.5 Å². The quantitative estimate of drug-likeness (QED) is 0.377. The average molecular weight is 572 g/mol. The van der Waals surface area contributed by atoms with Gasteiger partial charge in [0.25, 0.3) is 5.91 Å². The summed E-state index contributed by atoms with van der Waals surface area (Å²) in [6, 6.07) is 8.47. The number of imide groups is 1. The number of anilines is 1. The molecular formula is C26H23ClFN5O5S. The molecule has 13 heteroatoms. The summed E-state index contributed by atoms with van der Waals surface area (Å²) in [5.41, 5.74) is 1.04. The van der Waals surface area contributed by atoms with E-state index in [0.29, 0.717) is 16.3 Å². The van der Waals surface area contributed by atoms with Gasteiger partial charge >= 0.3 is 0 Å². The molecule has 1 unspecified atom stereocenters. The highest BCUT2D eigenvalue weighted by molar-refractivity contribution is 7.89. The number of pyridine rings is 1. The summed E-state index contributed by atoms with van der Waals surface area (Å²) in [5, 5.41) is 3.49. The van der Waals surface area contributed by atoms with Gasteiger partial charge < -0.3 is 9.80 Å². The molecule has 3 aliphatic heterocycles. The third kappa shape index (κ3) is 4.32. The van der Waals surface area contributed by atoms with Crippen molar-refractivity contribution in [1.82, 2.24) is 19.5 Å². The van der Waals surface area contributed by atoms with Crippen LogP contribution in [0.25, 0.3) is 10.8 Å². The lowest BCUT2D eigenvalue weighted by atomic mass is 10.0. The molecule has 3 aliphatic rings. The minimum absolute atomic E-state index is 0.126. The van der Waals surface area contributed by atoms with E-state index in [1.54, 1.807) is 29.2 Å². The molecule has 0 bridgehead atoms. The molecule has 3 aromatic rings. The van der Waals surface area contributed by atoms with Crippen LogP contribution < -0.4 is 10.2 Å². The molecule has 6 rings (SSSR count). The van der Waals surface area contributed by atoms with E-state index in [9.17, 15) is 22.8 Å². The normalized spacial score (nSPS) is 20.5. The van der Waals surface area contributed by atoms with E-state index in [0.717, 1.165) is 0 Å². The van der Waals surface area contributed by atoms with Gasteiger partial charge in [0.1, 0.15) is 17.0 Å². The van der Waals surface area contributed by atoms with Crippen molar-refractivity contribution in [1.29, 1.82) is 0 Å². The number of carbonyl (C=O) groups is 3. The summed E-state index contributed by atoms with van der Waals surface area (Å²) >= 11 is 6.16. The van der Waals surface area contributed by atoms with Gasteiger partial charge in [-0.3, -0.25) is 19.7 Å². The van der Waals surface area contributed by atoms with Crippen molar-refractivity contribution in [3.05, 3.63) is 64.7 Å². The highest BCUT2D eigenvalue weighted by Gasteiger charge is 2.40. The standard InChI is InChI=1S/C26H23ClFN5O5S/c27-24-17-2-1-3-22(16(17)6-7-29-24)39(37,38)32-10-8-31(9-11-32)21-12-15-14-33(26(36)18(15)13-19(21)28)20-4-5-23(34)30-25(20)35/h1-3,6-7,12-13,20H,4-5,8-11,14H2,(H,30,34,35). The van der Waals surface area contributed by atoms with Gasteiger partial charge in [-0.25, -0.2) is 17.8 Å². The Hall–Kier alpha value is -3.61. The van der Waals surface area contributed by atoms with Gasteiger partial charge in [0.2, 0.25) is 21.8 Å². The summed E-state index contributed by atoms with van der Waals surface area (Å²) in [5.74, 6) is -1.96. The molecule has 0 saturated carbocycles. The zero-order valence-electron chi connectivity index (χ0n) is 20.6. The molecule has 3 amide bonds. The van der Waals surface area contributed by atoms with E-state index in [4.69, 9.17) is 11.6 Å². The predicted octanol–water partition coefficient (Wildman–Crippen LogP) is 2.30. The van der Waals surface area contributed by atoms with Crippen molar-refractivity contribution in [2.24, 2.45) is 0 Å². The fourth-order valence-electron chi connectivity index (χ4n) is 5.49. The number of carbonyl (C=O) groups excluding carboxylic acids is 3. The van der Waals surface area contributed by atoms with Gasteiger partial charge in [-0.2, -0.15) is 4.31 Å². The van der Waals surface area contributed by atoms with E-state index in [-0.39, 0.29) is 72.8 Å². The highest BCUT2D eigenvalue weighted by Crippen LogP contribution is 2.34. The number of hydrogen-bond acceptors (Lipinski definition) is 7. The molecule has 1 atom stereocenters. The molecule has 2 saturated heterocycles. The van der Waals surface area contributed by atoms with Crippen LogP contribution in [0, 0.1) is 5.82 Å². The number of fused-ring (bicyclic) bond motifs is 2. The molecule has 2 fully saturated rings. The third-order valence-electron chi connectivity index (χ3n) is 7.51. The van der Waals surface area contributed by atoms with Crippen LogP contribution >= 0.6 is 11.6 Å². The molecule has 202 valence electrons. The van der Waals surface area contributed by atoms with Crippen LogP contribution in [0.15, 0.2) is 47.5 Å². The Balaban J connectivity index is 1.20. The Labute approximate surface area is 228 Å². The number of hydrogen-bond donors (Lipinski definition) is 1. The lowest BCUT2D eigenvalue weighted by molar-refractivity contribution is -0.136. The van der Waals surface area contributed by atoms with E-state index < -0.39 is 33.7 Å². The number of sulfonamides is 1. The molecule has 0 aliphatic carbocycles. The monoisotopic (exact) mass is 571 g/mol. The van der Waals surface area contributed by atoms with E-state index in [1.165, 1.54) is 27.5 Å². The van der Waals surface area contributed by atoms with Gasteiger partial charge in [-0.15, -0.1) is 0 Å². The van der Waals surface area contributed by atoms with E-state index in [2.05, 4.69) is 10.3 Å². The highest BCUT2D eigenvalue weighted by atomic mass is 35.5. The SMILES string of the molecule is O=C1CCC(N2Cc3cc(N4CCN(S(=O)(=O)c5cccc6c(Cl)nccc56)CC4)c(F)cc3C2=O)C(=O)N1. The van der Waals surface area contributed by atoms with E-state index >= 15 is 4.39 Å². The molecular weight excluding hydrogens is 549 g/mol. The second-order valence-electron chi connectivity index (χ2n) is 9.70. The molecule has 2 aromatic carbocycles. The zero-order chi connectivity index (χ0) is 27.5. The number of piperidine rings is 1. The van der Waals surface area contributed by atoms with Gasteiger partial charge in [0.05, 0.1) is 10.6 Å². The maximum absolute atomic E-state index is 15.2. The Bertz CT molecular complexity index is 1660. The lowest BCUT2D eigenvalue weighted by Gasteiger charge is -2.35. The maximum Gasteiger partial charge on any atom is 0.255 e. The molecule has 39 heavy (non-hydrogen) atoms. The van der Waals surface area contributed by atoms with Gasteiger partial charge in [-0.1, -0.05) is 23.7 Å². The van der Waals surface area contributed by atoms with E-state index in [1.807, 2.05) is 0 Å². The summed E-state index contributed by atoms with van der Waals surface area (Å²) < 4.78 is 43.6. The lowest BCUT2D eigenvalue weighted by Crippen LogP contribution is -2.52. The first-order chi connectivity index (χ1) is 18.6. The number of halogens is 2. The average Bonchev–Trinajstić information content (AvgIpc) is 3.23. The minimum Gasteiger partial charge on any atom is -0.367 e. The predicted molar refractivity (Wildman–Crippen MR) is 140 cm³/mol. The number of rotatable bonds is 4. The Morgan fingerprint density at radius 3 is 2.54 bits per heavy atom. The molecule has 10 nitrogen and oxygen atoms in total. The summed E-state index contributed by atoms with van der Waals surface area (Å²) in [6.45, 7) is 0.880. The van der Waals surface area contributed by atoms with Crippen LogP contribution in [0.4, 0.5) is 10.1 Å². The fraction of sp³-hybridized carbons (Fsp3) is 0.308. The zero-order valence-corrected chi connectivity index (χ0v) is 22.1. The Morgan fingerprint density at radius 1 is 1.03 bits per heavy atom. The van der Waals surface area contributed by atoms with Crippen molar-refractivity contribution < 1.29 is 27.2 Å². The Morgan fingerprint density at radius 2 is 1.79 bits per heavy atom. The number of aromatic nitrogens is 1. The van der Waals surface area contributed by atoms with Gasteiger partial charge in [0, 0.05) is 61.7 Å². The Kier molecular flexibility index (Phi) is 6.28. The minimum atomic E-state index is -3.85. The van der Waals surface area contributed by atoms with Crippen molar-refractivity contribution in [3.8, 4) is 0 Å². The number of amides is 3. The van der Waals surface area contributed by atoms with Crippen LogP contribution in [-0.2, 0) is 26.2 Å².